The molecule has 1 amide bonds. The van der Waals surface area contributed by atoms with E-state index in [0.29, 0.717) is 12.3 Å². The van der Waals surface area contributed by atoms with Crippen LogP contribution in [0.5, 0.6) is 0 Å². The van der Waals surface area contributed by atoms with Gasteiger partial charge in [0.2, 0.25) is 0 Å². The van der Waals surface area contributed by atoms with Crippen molar-refractivity contribution in [3.63, 3.8) is 0 Å². The van der Waals surface area contributed by atoms with Gasteiger partial charge in [-0.1, -0.05) is 33.2 Å². The number of halogens is 1. The van der Waals surface area contributed by atoms with Crippen molar-refractivity contribution >= 4 is 21.8 Å². The zero-order valence-corrected chi connectivity index (χ0v) is 16.4. The van der Waals surface area contributed by atoms with Crippen molar-refractivity contribution in [2.24, 2.45) is 0 Å². The number of nitrogens with zero attached hydrogens (tertiary/aromatic N) is 2. The third-order valence-corrected chi connectivity index (χ3v) is 4.57. The standard InChI is InChI=1S/C19H20BrN3O3/c1-12-4-9-17(25-12)16(23(2)3)11-21-19(24)15-10-18(26-22-15)13-5-7-14(20)8-6-13/h4-10,16H,11H2,1-3H3,(H,21,24). The molecular formula is C19H20BrN3O3. The van der Waals surface area contributed by atoms with E-state index >= 15 is 0 Å². The Morgan fingerprint density at radius 2 is 1.96 bits per heavy atom. The predicted octanol–water partition coefficient (Wildman–Crippen LogP) is 4.04. The summed E-state index contributed by atoms with van der Waals surface area (Å²) < 4.78 is 12.0. The third-order valence-electron chi connectivity index (χ3n) is 4.04. The van der Waals surface area contributed by atoms with Gasteiger partial charge in [-0.3, -0.25) is 9.69 Å². The second-order valence-corrected chi connectivity index (χ2v) is 7.14. The van der Waals surface area contributed by atoms with Gasteiger partial charge < -0.3 is 14.3 Å². The van der Waals surface area contributed by atoms with Crippen LogP contribution >= 0.6 is 15.9 Å². The molecule has 7 heteroatoms. The number of aromatic nitrogens is 1. The van der Waals surface area contributed by atoms with Gasteiger partial charge in [0, 0.05) is 22.6 Å². The summed E-state index contributed by atoms with van der Waals surface area (Å²) in [4.78, 5) is 14.4. The van der Waals surface area contributed by atoms with Gasteiger partial charge in [-0.25, -0.2) is 0 Å². The number of benzene rings is 1. The Kier molecular flexibility index (Phi) is 5.58. The van der Waals surface area contributed by atoms with Crippen LogP contribution in [0, 0.1) is 6.92 Å². The maximum Gasteiger partial charge on any atom is 0.273 e. The molecule has 0 radical (unpaired) electrons. The minimum Gasteiger partial charge on any atom is -0.465 e. The van der Waals surface area contributed by atoms with Crippen LogP contribution in [0.2, 0.25) is 0 Å². The lowest BCUT2D eigenvalue weighted by Crippen LogP contribution is -2.34. The van der Waals surface area contributed by atoms with Gasteiger partial charge in [-0.05, 0) is 45.3 Å². The molecule has 26 heavy (non-hydrogen) atoms. The number of hydrogen-bond acceptors (Lipinski definition) is 5. The molecule has 136 valence electrons. The van der Waals surface area contributed by atoms with E-state index in [1.807, 2.05) is 62.3 Å². The molecule has 1 aromatic carbocycles. The smallest absolute Gasteiger partial charge is 0.273 e. The summed E-state index contributed by atoms with van der Waals surface area (Å²) in [6.07, 6.45) is 0. The number of aryl methyl sites for hydroxylation is 1. The average Bonchev–Trinajstić information content (AvgIpc) is 3.25. The number of nitrogens with one attached hydrogen (secondary N) is 1. The van der Waals surface area contributed by atoms with Crippen molar-refractivity contribution in [3.05, 3.63) is 64.2 Å². The van der Waals surface area contributed by atoms with Gasteiger partial charge in [0.25, 0.3) is 5.91 Å². The van der Waals surface area contributed by atoms with E-state index in [0.717, 1.165) is 21.6 Å². The first-order valence-corrected chi connectivity index (χ1v) is 8.97. The molecule has 0 aliphatic heterocycles. The highest BCUT2D eigenvalue weighted by Gasteiger charge is 2.20. The average molecular weight is 418 g/mol. The van der Waals surface area contributed by atoms with Gasteiger partial charge in [0.1, 0.15) is 11.5 Å². The molecule has 1 atom stereocenters. The third kappa shape index (κ3) is 4.23. The Morgan fingerprint density at radius 1 is 1.23 bits per heavy atom. The highest BCUT2D eigenvalue weighted by atomic mass is 79.9. The van der Waals surface area contributed by atoms with Gasteiger partial charge in [0.05, 0.1) is 6.04 Å². The first kappa shape index (κ1) is 18.4. The number of rotatable bonds is 6. The molecular weight excluding hydrogens is 398 g/mol. The fraction of sp³-hybridized carbons (Fsp3) is 0.263. The van der Waals surface area contributed by atoms with Crippen LogP contribution in [0.3, 0.4) is 0 Å². The number of carbonyl (C=O) groups excluding carboxylic acids is 1. The molecule has 0 saturated carbocycles. The minimum absolute atomic E-state index is 0.0644. The van der Waals surface area contributed by atoms with Crippen LogP contribution in [0.4, 0.5) is 0 Å². The van der Waals surface area contributed by atoms with Crippen molar-refractivity contribution in [2.45, 2.75) is 13.0 Å². The molecule has 0 aliphatic carbocycles. The number of hydrogen-bond donors (Lipinski definition) is 1. The molecule has 0 aliphatic rings. The second-order valence-electron chi connectivity index (χ2n) is 6.22. The van der Waals surface area contributed by atoms with Crippen molar-refractivity contribution in [1.82, 2.24) is 15.4 Å². The van der Waals surface area contributed by atoms with E-state index in [-0.39, 0.29) is 17.6 Å². The molecule has 3 rings (SSSR count). The Hall–Kier alpha value is -2.38. The van der Waals surface area contributed by atoms with E-state index in [1.165, 1.54) is 0 Å². The fourth-order valence-electron chi connectivity index (χ4n) is 2.58. The van der Waals surface area contributed by atoms with E-state index in [2.05, 4.69) is 26.4 Å². The molecule has 6 nitrogen and oxygen atoms in total. The van der Waals surface area contributed by atoms with Crippen LogP contribution < -0.4 is 5.32 Å². The summed E-state index contributed by atoms with van der Waals surface area (Å²) in [5, 5.41) is 6.77. The summed E-state index contributed by atoms with van der Waals surface area (Å²) in [5.74, 6) is 1.91. The molecule has 0 spiro atoms. The SMILES string of the molecule is Cc1ccc(C(CNC(=O)c2cc(-c3ccc(Br)cc3)on2)N(C)C)o1. The van der Waals surface area contributed by atoms with Gasteiger partial charge >= 0.3 is 0 Å². The highest BCUT2D eigenvalue weighted by molar-refractivity contribution is 9.10. The number of amides is 1. The first-order valence-electron chi connectivity index (χ1n) is 8.17. The quantitative estimate of drug-likeness (QED) is 0.654. The number of carbonyl (C=O) groups is 1. The zero-order valence-electron chi connectivity index (χ0n) is 14.8. The highest BCUT2D eigenvalue weighted by Crippen LogP contribution is 2.23. The lowest BCUT2D eigenvalue weighted by Gasteiger charge is -2.22. The van der Waals surface area contributed by atoms with Gasteiger partial charge in [-0.15, -0.1) is 0 Å². The van der Waals surface area contributed by atoms with Crippen LogP contribution in [-0.4, -0.2) is 36.6 Å². The molecule has 0 fully saturated rings. The fourth-order valence-corrected chi connectivity index (χ4v) is 2.85. The second kappa shape index (κ2) is 7.88. The Balaban J connectivity index is 1.67. The van der Waals surface area contributed by atoms with E-state index in [9.17, 15) is 4.79 Å². The Bertz CT molecular complexity index is 884. The van der Waals surface area contributed by atoms with Crippen molar-refractivity contribution in [3.8, 4) is 11.3 Å². The molecule has 0 bridgehead atoms. The van der Waals surface area contributed by atoms with Crippen molar-refractivity contribution in [2.75, 3.05) is 20.6 Å². The van der Waals surface area contributed by atoms with Gasteiger partial charge in [-0.2, -0.15) is 0 Å². The Labute approximate surface area is 160 Å². The van der Waals surface area contributed by atoms with Crippen LogP contribution in [0.25, 0.3) is 11.3 Å². The van der Waals surface area contributed by atoms with Crippen molar-refractivity contribution in [1.29, 1.82) is 0 Å². The van der Waals surface area contributed by atoms with E-state index < -0.39 is 0 Å². The summed E-state index contributed by atoms with van der Waals surface area (Å²) in [5.41, 5.74) is 1.10. The lowest BCUT2D eigenvalue weighted by atomic mass is 10.1. The van der Waals surface area contributed by atoms with Crippen molar-refractivity contribution < 1.29 is 13.7 Å². The predicted molar refractivity (Wildman–Crippen MR) is 102 cm³/mol. The van der Waals surface area contributed by atoms with Crippen LogP contribution in [-0.2, 0) is 0 Å². The van der Waals surface area contributed by atoms with Crippen LogP contribution in [0.15, 0.2) is 55.9 Å². The van der Waals surface area contributed by atoms with E-state index in [1.54, 1.807) is 6.07 Å². The molecule has 0 saturated heterocycles. The molecule has 2 heterocycles. The first-order chi connectivity index (χ1) is 12.4. The minimum atomic E-state index is -0.285. The molecule has 1 unspecified atom stereocenters. The molecule has 2 aromatic heterocycles. The summed E-state index contributed by atoms with van der Waals surface area (Å²) in [6, 6.07) is 13.0. The normalized spacial score (nSPS) is 12.3. The molecule has 3 aromatic rings. The summed E-state index contributed by atoms with van der Waals surface area (Å²) in [6.45, 7) is 2.30. The number of furan rings is 1. The number of likely N-dealkylation sites (N-methyl/N-ethyl adjacent to an activating group) is 1. The maximum absolute atomic E-state index is 12.4. The van der Waals surface area contributed by atoms with Gasteiger partial charge in [0.15, 0.2) is 11.5 Å². The summed E-state index contributed by atoms with van der Waals surface area (Å²) >= 11 is 3.39. The topological polar surface area (TPSA) is 71.5 Å². The Morgan fingerprint density at radius 3 is 2.58 bits per heavy atom. The lowest BCUT2D eigenvalue weighted by molar-refractivity contribution is 0.0930. The maximum atomic E-state index is 12.4. The largest absolute Gasteiger partial charge is 0.465 e. The summed E-state index contributed by atoms with van der Waals surface area (Å²) in [7, 11) is 3.88. The van der Waals surface area contributed by atoms with Crippen LogP contribution in [0.1, 0.15) is 28.1 Å². The van der Waals surface area contributed by atoms with E-state index in [4.69, 9.17) is 8.94 Å². The monoisotopic (exact) mass is 417 g/mol. The zero-order chi connectivity index (χ0) is 18.7. The molecule has 1 N–H and O–H groups in total.